The van der Waals surface area contributed by atoms with Crippen molar-refractivity contribution in [3.05, 3.63) is 34.4 Å². The van der Waals surface area contributed by atoms with Gasteiger partial charge in [-0.15, -0.1) is 0 Å². The number of alkyl halides is 3. The highest BCUT2D eigenvalue weighted by Crippen LogP contribution is 2.35. The molecule has 1 rings (SSSR count). The van der Waals surface area contributed by atoms with Gasteiger partial charge in [0.05, 0.1) is 29.4 Å². The number of esters is 1. The Kier molecular flexibility index (Phi) is 4.54. The van der Waals surface area contributed by atoms with Gasteiger partial charge >= 0.3 is 12.1 Å². The molecule has 19 heavy (non-hydrogen) atoms. The standard InChI is InChI=1S/C13H12F3NO2/c1-3-9-5-8(7-17)6-10(13(14,15)16)11(9)12(18)19-4-2/h5-6H,3-4H2,1-2H3. The van der Waals surface area contributed by atoms with E-state index in [0.717, 1.165) is 0 Å². The third-order valence-corrected chi connectivity index (χ3v) is 2.51. The van der Waals surface area contributed by atoms with Crippen LogP contribution in [-0.2, 0) is 17.3 Å². The normalized spacial score (nSPS) is 10.9. The number of halogens is 3. The average molecular weight is 271 g/mol. The second-order valence-electron chi connectivity index (χ2n) is 3.74. The quantitative estimate of drug-likeness (QED) is 0.792. The number of benzene rings is 1. The van der Waals surface area contributed by atoms with E-state index < -0.39 is 23.3 Å². The van der Waals surface area contributed by atoms with E-state index in [2.05, 4.69) is 4.74 Å². The van der Waals surface area contributed by atoms with Crippen molar-refractivity contribution in [1.82, 2.24) is 0 Å². The van der Waals surface area contributed by atoms with Gasteiger partial charge in [0.2, 0.25) is 0 Å². The molecule has 0 aliphatic heterocycles. The van der Waals surface area contributed by atoms with E-state index in [9.17, 15) is 18.0 Å². The Morgan fingerprint density at radius 3 is 2.42 bits per heavy atom. The Morgan fingerprint density at radius 1 is 1.37 bits per heavy atom. The fourth-order valence-electron chi connectivity index (χ4n) is 1.71. The van der Waals surface area contributed by atoms with E-state index >= 15 is 0 Å². The molecule has 0 N–H and O–H groups in total. The van der Waals surface area contributed by atoms with Gasteiger partial charge in [0.15, 0.2) is 0 Å². The van der Waals surface area contributed by atoms with E-state index in [0.29, 0.717) is 6.07 Å². The fourth-order valence-corrected chi connectivity index (χ4v) is 1.71. The molecule has 0 bridgehead atoms. The molecule has 0 heterocycles. The molecule has 0 saturated carbocycles. The number of ether oxygens (including phenoxy) is 1. The van der Waals surface area contributed by atoms with E-state index in [4.69, 9.17) is 5.26 Å². The van der Waals surface area contributed by atoms with Crippen LogP contribution < -0.4 is 0 Å². The summed E-state index contributed by atoms with van der Waals surface area (Å²) in [6.45, 7) is 3.11. The van der Waals surface area contributed by atoms with Gasteiger partial charge in [0.1, 0.15) is 0 Å². The van der Waals surface area contributed by atoms with Crippen LogP contribution in [0.2, 0.25) is 0 Å². The summed E-state index contributed by atoms with van der Waals surface area (Å²) in [5.41, 5.74) is -1.60. The molecule has 3 nitrogen and oxygen atoms in total. The summed E-state index contributed by atoms with van der Waals surface area (Å²) in [7, 11) is 0. The number of rotatable bonds is 3. The summed E-state index contributed by atoms with van der Waals surface area (Å²) in [5, 5.41) is 8.75. The molecular weight excluding hydrogens is 259 g/mol. The lowest BCUT2D eigenvalue weighted by Crippen LogP contribution is -2.18. The zero-order chi connectivity index (χ0) is 14.6. The SMILES string of the molecule is CCOC(=O)c1c(CC)cc(C#N)cc1C(F)(F)F. The van der Waals surface area contributed by atoms with Crippen LogP contribution in [0.25, 0.3) is 0 Å². The Morgan fingerprint density at radius 2 is 2.00 bits per heavy atom. The van der Waals surface area contributed by atoms with Crippen molar-refractivity contribution in [3.8, 4) is 6.07 Å². The highest BCUT2D eigenvalue weighted by atomic mass is 19.4. The zero-order valence-corrected chi connectivity index (χ0v) is 10.5. The van der Waals surface area contributed by atoms with E-state index in [1.807, 2.05) is 0 Å². The molecule has 1 aromatic rings. The number of carbonyl (C=O) groups excluding carboxylic acids is 1. The van der Waals surface area contributed by atoms with Crippen LogP contribution in [0.4, 0.5) is 13.2 Å². The molecular formula is C13H12F3NO2. The maximum Gasteiger partial charge on any atom is 0.417 e. The van der Waals surface area contributed by atoms with Crippen molar-refractivity contribution in [1.29, 1.82) is 5.26 Å². The number of nitrogens with zero attached hydrogens (tertiary/aromatic N) is 1. The Bertz CT molecular complexity index is 530. The highest BCUT2D eigenvalue weighted by Gasteiger charge is 2.37. The molecule has 0 atom stereocenters. The van der Waals surface area contributed by atoms with Crippen LogP contribution >= 0.6 is 0 Å². The maximum atomic E-state index is 13.0. The van der Waals surface area contributed by atoms with Crippen molar-refractivity contribution < 1.29 is 22.7 Å². The number of hydrogen-bond acceptors (Lipinski definition) is 3. The topological polar surface area (TPSA) is 50.1 Å². The predicted octanol–water partition coefficient (Wildman–Crippen LogP) is 3.32. The molecule has 0 aliphatic carbocycles. The predicted molar refractivity (Wildman–Crippen MR) is 61.5 cm³/mol. The average Bonchev–Trinajstić information content (AvgIpc) is 2.36. The van der Waals surface area contributed by atoms with Crippen LogP contribution in [0.1, 0.15) is 40.9 Å². The van der Waals surface area contributed by atoms with E-state index in [1.165, 1.54) is 13.0 Å². The number of aryl methyl sites for hydroxylation is 1. The van der Waals surface area contributed by atoms with Gasteiger partial charge < -0.3 is 4.74 Å². The second kappa shape index (κ2) is 5.74. The van der Waals surface area contributed by atoms with Gasteiger partial charge in [-0.05, 0) is 31.0 Å². The first-order chi connectivity index (χ1) is 8.85. The summed E-state index contributed by atoms with van der Waals surface area (Å²) >= 11 is 0. The molecule has 6 heteroatoms. The Hall–Kier alpha value is -2.03. The third-order valence-electron chi connectivity index (χ3n) is 2.51. The van der Waals surface area contributed by atoms with Crippen LogP contribution in [0.5, 0.6) is 0 Å². The first kappa shape index (κ1) is 15.0. The molecule has 0 spiro atoms. The minimum Gasteiger partial charge on any atom is -0.462 e. The van der Waals surface area contributed by atoms with Crippen molar-refractivity contribution in [2.75, 3.05) is 6.61 Å². The van der Waals surface area contributed by atoms with E-state index in [1.54, 1.807) is 13.0 Å². The molecule has 0 fully saturated rings. The van der Waals surface area contributed by atoms with Crippen molar-refractivity contribution >= 4 is 5.97 Å². The van der Waals surface area contributed by atoms with Gasteiger partial charge in [-0.3, -0.25) is 0 Å². The first-order valence-corrected chi connectivity index (χ1v) is 5.66. The Labute approximate surface area is 108 Å². The lowest BCUT2D eigenvalue weighted by atomic mass is 9.96. The summed E-state index contributed by atoms with van der Waals surface area (Å²) in [4.78, 5) is 11.7. The molecule has 0 amide bonds. The maximum absolute atomic E-state index is 13.0. The molecule has 0 aliphatic rings. The smallest absolute Gasteiger partial charge is 0.417 e. The summed E-state index contributed by atoms with van der Waals surface area (Å²) in [6, 6.07) is 3.61. The highest BCUT2D eigenvalue weighted by molar-refractivity contribution is 5.93. The lowest BCUT2D eigenvalue weighted by molar-refractivity contribution is -0.138. The van der Waals surface area contributed by atoms with Crippen molar-refractivity contribution in [2.45, 2.75) is 26.4 Å². The van der Waals surface area contributed by atoms with E-state index in [-0.39, 0.29) is 24.2 Å². The first-order valence-electron chi connectivity index (χ1n) is 5.66. The van der Waals surface area contributed by atoms with Crippen LogP contribution in [0, 0.1) is 11.3 Å². The van der Waals surface area contributed by atoms with Crippen molar-refractivity contribution in [3.63, 3.8) is 0 Å². The van der Waals surface area contributed by atoms with Crippen LogP contribution in [0.15, 0.2) is 12.1 Å². The van der Waals surface area contributed by atoms with Gasteiger partial charge in [-0.2, -0.15) is 18.4 Å². The van der Waals surface area contributed by atoms with Gasteiger partial charge in [0, 0.05) is 0 Å². The number of nitriles is 1. The monoisotopic (exact) mass is 271 g/mol. The van der Waals surface area contributed by atoms with Gasteiger partial charge in [-0.25, -0.2) is 4.79 Å². The second-order valence-corrected chi connectivity index (χ2v) is 3.74. The minimum absolute atomic E-state index is 0.0146. The molecule has 0 saturated heterocycles. The Balaban J connectivity index is 3.57. The molecule has 102 valence electrons. The fraction of sp³-hybridized carbons (Fsp3) is 0.385. The minimum atomic E-state index is -4.71. The molecule has 0 unspecified atom stereocenters. The summed E-state index contributed by atoms with van der Waals surface area (Å²) in [6.07, 6.45) is -4.51. The van der Waals surface area contributed by atoms with Crippen molar-refractivity contribution in [2.24, 2.45) is 0 Å². The third kappa shape index (κ3) is 3.25. The van der Waals surface area contributed by atoms with Crippen LogP contribution in [-0.4, -0.2) is 12.6 Å². The van der Waals surface area contributed by atoms with Crippen LogP contribution in [0.3, 0.4) is 0 Å². The number of hydrogen-bond donors (Lipinski definition) is 0. The summed E-state index contributed by atoms with van der Waals surface area (Å²) in [5.74, 6) is -1.02. The molecule has 1 aromatic carbocycles. The lowest BCUT2D eigenvalue weighted by Gasteiger charge is -2.15. The largest absolute Gasteiger partial charge is 0.462 e. The zero-order valence-electron chi connectivity index (χ0n) is 10.5. The summed E-state index contributed by atoms with van der Waals surface area (Å²) < 4.78 is 43.6. The molecule has 0 radical (unpaired) electrons. The van der Waals surface area contributed by atoms with Gasteiger partial charge in [0.25, 0.3) is 0 Å². The van der Waals surface area contributed by atoms with Gasteiger partial charge in [-0.1, -0.05) is 6.92 Å². The number of carbonyl (C=O) groups is 1. The molecule has 0 aromatic heterocycles.